The number of benzene rings is 2. The fourth-order valence-corrected chi connectivity index (χ4v) is 3.35. The van der Waals surface area contributed by atoms with Gasteiger partial charge < -0.3 is 0 Å². The number of pyridine rings is 1. The molecule has 138 valence electrons. The number of rotatable bonds is 4. The lowest BCUT2D eigenvalue weighted by atomic mass is 9.88. The molecule has 1 atom stereocenters. The first-order valence-electron chi connectivity index (χ1n) is 9.09. The zero-order valence-electron chi connectivity index (χ0n) is 15.4. The lowest BCUT2D eigenvalue weighted by Crippen LogP contribution is -2.45. The van der Waals surface area contributed by atoms with Crippen LogP contribution in [0.25, 0.3) is 0 Å². The molecular weight excluding hydrogens is 350 g/mol. The van der Waals surface area contributed by atoms with Crippen LogP contribution in [-0.2, 0) is 11.3 Å². The Balaban J connectivity index is 1.71. The molecule has 1 aromatic heterocycles. The summed E-state index contributed by atoms with van der Waals surface area (Å²) in [6.07, 6.45) is 3.34. The second kappa shape index (κ2) is 7.56. The maximum Gasteiger partial charge on any atom is 0.265 e. The first-order chi connectivity index (χ1) is 13.6. The number of aromatic nitrogens is 1. The molecule has 0 aliphatic carbocycles. The smallest absolute Gasteiger partial charge is 0.265 e. The highest BCUT2D eigenvalue weighted by molar-refractivity contribution is 6.29. The number of hydrogen-bond donors (Lipinski definition) is 0. The molecule has 3 aromatic rings. The van der Waals surface area contributed by atoms with E-state index in [9.17, 15) is 9.59 Å². The van der Waals surface area contributed by atoms with Crippen molar-refractivity contribution in [3.8, 4) is 0 Å². The van der Waals surface area contributed by atoms with Crippen LogP contribution in [0.3, 0.4) is 0 Å². The van der Waals surface area contributed by atoms with Crippen LogP contribution in [0.1, 0.15) is 33.1 Å². The molecule has 2 amide bonds. The van der Waals surface area contributed by atoms with Crippen LogP contribution in [0.5, 0.6) is 0 Å². The molecule has 0 radical (unpaired) electrons. The molecule has 28 heavy (non-hydrogen) atoms. The first-order valence-corrected chi connectivity index (χ1v) is 9.09. The molecule has 1 aliphatic rings. The Hall–Kier alpha value is -3.60. The third-order valence-electron chi connectivity index (χ3n) is 4.71. The Morgan fingerprint density at radius 3 is 2.64 bits per heavy atom. The number of fused-ring (bicyclic) bond motifs is 1. The van der Waals surface area contributed by atoms with Crippen LogP contribution in [0, 0.1) is 6.92 Å². The van der Waals surface area contributed by atoms with Crippen molar-refractivity contribution in [2.24, 2.45) is 4.99 Å². The van der Waals surface area contributed by atoms with Crippen molar-refractivity contribution in [1.82, 2.24) is 4.98 Å². The Morgan fingerprint density at radius 2 is 1.86 bits per heavy atom. The number of amides is 2. The van der Waals surface area contributed by atoms with Crippen molar-refractivity contribution < 1.29 is 9.59 Å². The number of aliphatic imine (C=N–C) groups is 1. The van der Waals surface area contributed by atoms with Gasteiger partial charge in [-0.05, 0) is 48.4 Å². The average Bonchev–Trinajstić information content (AvgIpc) is 2.71. The van der Waals surface area contributed by atoms with Crippen LogP contribution >= 0.6 is 0 Å². The monoisotopic (exact) mass is 369 g/mol. The summed E-state index contributed by atoms with van der Waals surface area (Å²) in [7, 11) is 0. The third kappa shape index (κ3) is 3.34. The lowest BCUT2D eigenvalue weighted by molar-refractivity contribution is -0.118. The second-order valence-electron chi connectivity index (χ2n) is 6.69. The van der Waals surface area contributed by atoms with Gasteiger partial charge in [0.1, 0.15) is 0 Å². The molecule has 0 N–H and O–H groups in total. The van der Waals surface area contributed by atoms with Crippen molar-refractivity contribution in [2.45, 2.75) is 19.4 Å². The van der Waals surface area contributed by atoms with Gasteiger partial charge in [-0.15, -0.1) is 0 Å². The molecule has 2 aromatic carbocycles. The molecule has 2 heterocycles. The number of anilines is 1. The summed E-state index contributed by atoms with van der Waals surface area (Å²) in [5.74, 6) is -1.21. The van der Waals surface area contributed by atoms with E-state index in [1.54, 1.807) is 24.5 Å². The van der Waals surface area contributed by atoms with Gasteiger partial charge in [-0.25, -0.2) is 4.90 Å². The highest BCUT2D eigenvalue weighted by atomic mass is 16.2. The topological polar surface area (TPSA) is 62.6 Å². The molecule has 4 rings (SSSR count). The minimum Gasteiger partial charge on any atom is -0.290 e. The van der Waals surface area contributed by atoms with E-state index in [0.29, 0.717) is 23.4 Å². The summed E-state index contributed by atoms with van der Waals surface area (Å²) in [5.41, 5.74) is 3.59. The predicted molar refractivity (Wildman–Crippen MR) is 109 cm³/mol. The highest BCUT2D eigenvalue weighted by Gasteiger charge is 2.38. The molecule has 0 saturated heterocycles. The van der Waals surface area contributed by atoms with E-state index in [-0.39, 0.29) is 11.8 Å². The van der Waals surface area contributed by atoms with Crippen LogP contribution in [0.15, 0.2) is 77.9 Å². The van der Waals surface area contributed by atoms with Crippen LogP contribution in [0.4, 0.5) is 5.69 Å². The fourth-order valence-electron chi connectivity index (χ4n) is 3.35. The van der Waals surface area contributed by atoms with E-state index in [4.69, 9.17) is 0 Å². The third-order valence-corrected chi connectivity index (χ3v) is 4.71. The minimum atomic E-state index is -0.613. The van der Waals surface area contributed by atoms with Crippen molar-refractivity contribution in [2.75, 3.05) is 4.90 Å². The van der Waals surface area contributed by atoms with Gasteiger partial charge in [-0.3, -0.25) is 19.6 Å². The Bertz CT molecular complexity index is 1060. The second-order valence-corrected chi connectivity index (χ2v) is 6.69. The van der Waals surface area contributed by atoms with Gasteiger partial charge in [-0.1, -0.05) is 36.4 Å². The zero-order valence-corrected chi connectivity index (χ0v) is 15.4. The summed E-state index contributed by atoms with van der Waals surface area (Å²) in [5, 5.41) is 0. The largest absolute Gasteiger partial charge is 0.290 e. The molecule has 5 nitrogen and oxygen atoms in total. The Kier molecular flexibility index (Phi) is 4.81. The van der Waals surface area contributed by atoms with Gasteiger partial charge in [0.2, 0.25) is 5.91 Å². The molecular formula is C23H19N3O2. The molecule has 0 unspecified atom stereocenters. The van der Waals surface area contributed by atoms with Gasteiger partial charge in [0.15, 0.2) is 0 Å². The number of nitrogens with zero attached hydrogens (tertiary/aromatic N) is 3. The molecule has 1 aliphatic heterocycles. The molecule has 5 heteroatoms. The fraction of sp³-hybridized carbons (Fsp3) is 0.130. The maximum absolute atomic E-state index is 13.3. The van der Waals surface area contributed by atoms with Gasteiger partial charge in [0.25, 0.3) is 5.91 Å². The summed E-state index contributed by atoms with van der Waals surface area (Å²) in [4.78, 5) is 36.2. The standard InChI is InChI=1S/C23H19N3O2/c1-16-7-6-9-18(13-16)26-22(27)20-11-3-2-10-19(20)21(23(26)28)15-24-14-17-8-4-5-12-25-17/h2-13,15,21H,14H2,1H3/t21-/m1/s1. The molecule has 0 bridgehead atoms. The summed E-state index contributed by atoms with van der Waals surface area (Å²) >= 11 is 0. The average molecular weight is 369 g/mol. The molecule has 0 fully saturated rings. The van der Waals surface area contributed by atoms with Crippen molar-refractivity contribution in [3.05, 3.63) is 95.3 Å². The van der Waals surface area contributed by atoms with Crippen LogP contribution in [-0.4, -0.2) is 23.0 Å². The molecule has 0 saturated carbocycles. The van der Waals surface area contributed by atoms with Gasteiger partial charge >= 0.3 is 0 Å². The van der Waals surface area contributed by atoms with E-state index in [1.165, 1.54) is 4.90 Å². The summed E-state index contributed by atoms with van der Waals surface area (Å²) in [6, 6.07) is 20.2. The van der Waals surface area contributed by atoms with E-state index >= 15 is 0 Å². The van der Waals surface area contributed by atoms with Gasteiger partial charge in [0, 0.05) is 18.0 Å². The van der Waals surface area contributed by atoms with E-state index in [2.05, 4.69) is 9.98 Å². The number of carbonyl (C=O) groups is 2. The van der Waals surface area contributed by atoms with Crippen LogP contribution in [0.2, 0.25) is 0 Å². The molecule has 0 spiro atoms. The van der Waals surface area contributed by atoms with E-state index < -0.39 is 5.92 Å². The van der Waals surface area contributed by atoms with Gasteiger partial charge in [-0.2, -0.15) is 0 Å². The highest BCUT2D eigenvalue weighted by Crippen LogP contribution is 2.32. The Labute approximate surface area is 163 Å². The van der Waals surface area contributed by atoms with Crippen molar-refractivity contribution in [1.29, 1.82) is 0 Å². The lowest BCUT2D eigenvalue weighted by Gasteiger charge is -2.31. The van der Waals surface area contributed by atoms with Crippen molar-refractivity contribution in [3.63, 3.8) is 0 Å². The summed E-state index contributed by atoms with van der Waals surface area (Å²) in [6.45, 7) is 2.31. The maximum atomic E-state index is 13.3. The zero-order chi connectivity index (χ0) is 19.5. The normalized spacial score (nSPS) is 16.5. The Morgan fingerprint density at radius 1 is 1.04 bits per heavy atom. The number of hydrogen-bond acceptors (Lipinski definition) is 4. The number of aryl methyl sites for hydroxylation is 1. The van der Waals surface area contributed by atoms with E-state index in [0.717, 1.165) is 11.3 Å². The minimum absolute atomic E-state index is 0.293. The quantitative estimate of drug-likeness (QED) is 0.517. The predicted octanol–water partition coefficient (Wildman–Crippen LogP) is 3.93. The van der Waals surface area contributed by atoms with E-state index in [1.807, 2.05) is 61.5 Å². The SMILES string of the molecule is Cc1cccc(N2C(=O)c3ccccc3[C@@H](C=NCc3ccccn3)C2=O)c1. The number of imide groups is 1. The first kappa shape index (κ1) is 17.8. The number of carbonyl (C=O) groups excluding carboxylic acids is 2. The van der Waals surface area contributed by atoms with Crippen molar-refractivity contribution >= 4 is 23.7 Å². The van der Waals surface area contributed by atoms with Crippen LogP contribution < -0.4 is 4.90 Å². The summed E-state index contributed by atoms with van der Waals surface area (Å²) < 4.78 is 0. The van der Waals surface area contributed by atoms with Gasteiger partial charge in [0.05, 0.1) is 23.8 Å².